The molecule has 2 fully saturated rings. The van der Waals surface area contributed by atoms with Gasteiger partial charge in [0.2, 0.25) is 0 Å². The average Bonchev–Trinajstić information content (AvgIpc) is 3.24. The molecule has 2 atom stereocenters. The van der Waals surface area contributed by atoms with Crippen LogP contribution in [0.5, 0.6) is 0 Å². The Hall–Kier alpha value is -2.35. The van der Waals surface area contributed by atoms with Crippen molar-refractivity contribution in [2.75, 3.05) is 0 Å². The lowest BCUT2D eigenvalue weighted by atomic mass is 9.62. The van der Waals surface area contributed by atoms with E-state index >= 15 is 0 Å². The van der Waals surface area contributed by atoms with Crippen LogP contribution in [-0.2, 0) is 5.31 Å². The molecule has 2 aromatic carbocycles. The highest BCUT2D eigenvalue weighted by atomic mass is 14.7. The topological polar surface area (TPSA) is 12.9 Å². The summed E-state index contributed by atoms with van der Waals surface area (Å²) in [6.07, 6.45) is 13.5. The van der Waals surface area contributed by atoms with Crippen molar-refractivity contribution in [2.45, 2.75) is 56.7 Å². The van der Waals surface area contributed by atoms with Crippen LogP contribution in [0.2, 0.25) is 0 Å². The van der Waals surface area contributed by atoms with E-state index in [9.17, 15) is 0 Å². The van der Waals surface area contributed by atoms with Crippen molar-refractivity contribution in [3.8, 4) is 22.4 Å². The van der Waals surface area contributed by atoms with E-state index in [0.29, 0.717) is 5.31 Å². The lowest BCUT2D eigenvalue weighted by Crippen LogP contribution is -2.24. The van der Waals surface area contributed by atoms with E-state index in [-0.39, 0.29) is 0 Å². The summed E-state index contributed by atoms with van der Waals surface area (Å²) >= 11 is 0. The Morgan fingerprint density at radius 2 is 1.43 bits per heavy atom. The highest BCUT2D eigenvalue weighted by Gasteiger charge is 2.39. The molecule has 1 heterocycles. The van der Waals surface area contributed by atoms with Gasteiger partial charge < -0.3 is 0 Å². The largest absolute Gasteiger partial charge is 0.256 e. The van der Waals surface area contributed by atoms with Crippen LogP contribution < -0.4 is 0 Å². The first-order valence-electron chi connectivity index (χ1n) is 11.8. The third-order valence-electron chi connectivity index (χ3n) is 7.84. The molecule has 0 bridgehead atoms. The Morgan fingerprint density at radius 1 is 0.700 bits per heavy atom. The van der Waals surface area contributed by atoms with E-state index in [1.165, 1.54) is 73.6 Å². The summed E-state index contributed by atoms with van der Waals surface area (Å²) in [4.78, 5) is 4.70. The van der Waals surface area contributed by atoms with Gasteiger partial charge in [0.25, 0.3) is 0 Å². The number of nitrogens with zero attached hydrogens (tertiary/aromatic N) is 1. The predicted octanol–water partition coefficient (Wildman–Crippen LogP) is 6.62. The Bertz CT molecular complexity index is 958. The maximum absolute atomic E-state index is 4.70. The fourth-order valence-electron chi connectivity index (χ4n) is 5.97. The van der Waals surface area contributed by atoms with Crippen LogP contribution in [0.15, 0.2) is 72.9 Å². The maximum atomic E-state index is 4.70. The minimum atomic E-state index is 0.357. The van der Waals surface area contributed by atoms with Gasteiger partial charge in [0.1, 0.15) is 7.85 Å². The number of hydrogen-bond donors (Lipinski definition) is 0. The number of pyridine rings is 1. The summed E-state index contributed by atoms with van der Waals surface area (Å²) in [5, 5.41) is 0.357. The van der Waals surface area contributed by atoms with Gasteiger partial charge in [-0.05, 0) is 40.8 Å². The Labute approximate surface area is 182 Å². The van der Waals surface area contributed by atoms with E-state index in [2.05, 4.69) is 68.5 Å². The van der Waals surface area contributed by atoms with Gasteiger partial charge in [-0.3, -0.25) is 4.98 Å². The number of hydrogen-bond acceptors (Lipinski definition) is 1. The summed E-state index contributed by atoms with van der Waals surface area (Å²) in [6.45, 7) is 0. The highest BCUT2D eigenvalue weighted by molar-refractivity contribution is 6.16. The second-order valence-corrected chi connectivity index (χ2v) is 9.84. The summed E-state index contributed by atoms with van der Waals surface area (Å²) in [5.41, 5.74) is 6.18. The molecule has 2 aliphatic rings. The van der Waals surface area contributed by atoms with Gasteiger partial charge in [0, 0.05) is 17.3 Å². The molecule has 0 aliphatic heterocycles. The molecular formula is C28H32BN. The first kappa shape index (κ1) is 19.6. The lowest BCUT2D eigenvalue weighted by Gasteiger charge is -2.30. The zero-order chi connectivity index (χ0) is 20.4. The molecular weight excluding hydrogens is 361 g/mol. The van der Waals surface area contributed by atoms with Crippen molar-refractivity contribution >= 4 is 7.85 Å². The molecule has 5 rings (SSSR count). The van der Waals surface area contributed by atoms with Crippen molar-refractivity contribution in [1.29, 1.82) is 0 Å². The van der Waals surface area contributed by atoms with Gasteiger partial charge in [-0.15, -0.1) is 0 Å². The molecule has 152 valence electrons. The van der Waals surface area contributed by atoms with Gasteiger partial charge in [0.15, 0.2) is 0 Å². The first-order chi connectivity index (χ1) is 14.7. The van der Waals surface area contributed by atoms with Crippen molar-refractivity contribution < 1.29 is 0 Å². The third kappa shape index (κ3) is 3.97. The first-order valence-corrected chi connectivity index (χ1v) is 11.8. The van der Waals surface area contributed by atoms with E-state index in [4.69, 9.17) is 4.98 Å². The normalized spacial score (nSPS) is 24.7. The van der Waals surface area contributed by atoms with Crippen LogP contribution in [-0.4, -0.2) is 12.8 Å². The van der Waals surface area contributed by atoms with Gasteiger partial charge in [0.05, 0.1) is 5.69 Å². The van der Waals surface area contributed by atoms with Gasteiger partial charge in [-0.2, -0.15) is 0 Å². The second-order valence-electron chi connectivity index (χ2n) is 9.84. The quantitative estimate of drug-likeness (QED) is 0.454. The molecule has 2 aliphatic carbocycles. The molecule has 1 aromatic heterocycles. The average molecular weight is 393 g/mol. The zero-order valence-corrected chi connectivity index (χ0v) is 18.2. The fraction of sp³-hybridized carbons (Fsp3) is 0.393. The summed E-state index contributed by atoms with van der Waals surface area (Å²) in [7, 11) is 2.50. The summed E-state index contributed by atoms with van der Waals surface area (Å²) in [6, 6.07) is 24.1. The Balaban J connectivity index is 1.29. The molecule has 0 N–H and O–H groups in total. The molecule has 2 heteroatoms. The zero-order valence-electron chi connectivity index (χ0n) is 18.2. The van der Waals surface area contributed by atoms with Crippen molar-refractivity contribution in [3.05, 3.63) is 78.5 Å². The highest BCUT2D eigenvalue weighted by Crippen LogP contribution is 2.48. The molecule has 0 saturated heterocycles. The maximum Gasteiger partial charge on any atom is 0.115 e. The van der Waals surface area contributed by atoms with E-state index in [1.807, 2.05) is 12.3 Å². The van der Waals surface area contributed by atoms with Crippen LogP contribution in [0.25, 0.3) is 22.4 Å². The third-order valence-corrected chi connectivity index (χ3v) is 7.84. The number of benzene rings is 2. The van der Waals surface area contributed by atoms with Gasteiger partial charge in [-0.25, -0.2) is 0 Å². The second kappa shape index (κ2) is 8.42. The Kier molecular flexibility index (Phi) is 5.50. The molecule has 0 radical (unpaired) electrons. The van der Waals surface area contributed by atoms with Crippen molar-refractivity contribution in [3.63, 3.8) is 0 Å². The SMILES string of the molecule is BC1(c2ccc(-c3ccc(-c4ccccc4)nc3)cc2)CCC(C2CCCCC2)C1. The van der Waals surface area contributed by atoms with Crippen molar-refractivity contribution in [1.82, 2.24) is 4.98 Å². The minimum absolute atomic E-state index is 0.357. The molecule has 0 spiro atoms. The summed E-state index contributed by atoms with van der Waals surface area (Å²) in [5.74, 6) is 1.94. The molecule has 30 heavy (non-hydrogen) atoms. The minimum Gasteiger partial charge on any atom is -0.256 e. The number of aromatic nitrogens is 1. The smallest absolute Gasteiger partial charge is 0.115 e. The van der Waals surface area contributed by atoms with Gasteiger partial charge in [-0.1, -0.05) is 106 Å². The van der Waals surface area contributed by atoms with Crippen LogP contribution >= 0.6 is 0 Å². The predicted molar refractivity (Wildman–Crippen MR) is 129 cm³/mol. The summed E-state index contributed by atoms with van der Waals surface area (Å²) < 4.78 is 0. The van der Waals surface area contributed by atoms with Gasteiger partial charge >= 0.3 is 0 Å². The van der Waals surface area contributed by atoms with Crippen LogP contribution in [0.4, 0.5) is 0 Å². The molecule has 2 unspecified atom stereocenters. The molecule has 1 nitrogen and oxygen atoms in total. The molecule has 0 amide bonds. The molecule has 3 aromatic rings. The van der Waals surface area contributed by atoms with E-state index < -0.39 is 0 Å². The van der Waals surface area contributed by atoms with Crippen LogP contribution in [0.1, 0.15) is 56.9 Å². The standard InChI is InChI=1S/C28H32BN/c29-28(18-17-24(19-28)21-7-3-1-4-8-21)26-14-11-22(12-15-26)25-13-16-27(30-20-25)23-9-5-2-6-10-23/h2,5-6,9-16,20-21,24H,1,3-4,7-8,17-19,29H2. The monoisotopic (exact) mass is 393 g/mol. The van der Waals surface area contributed by atoms with Crippen LogP contribution in [0, 0.1) is 11.8 Å². The number of rotatable bonds is 4. The van der Waals surface area contributed by atoms with E-state index in [1.54, 1.807) is 0 Å². The molecule has 2 saturated carbocycles. The van der Waals surface area contributed by atoms with Crippen molar-refractivity contribution in [2.24, 2.45) is 11.8 Å². The van der Waals surface area contributed by atoms with E-state index in [0.717, 1.165) is 17.5 Å². The lowest BCUT2D eigenvalue weighted by molar-refractivity contribution is 0.248. The fourth-order valence-corrected chi connectivity index (χ4v) is 5.97. The van der Waals surface area contributed by atoms with Crippen LogP contribution in [0.3, 0.4) is 0 Å². The Morgan fingerprint density at radius 3 is 2.13 bits per heavy atom.